The van der Waals surface area contributed by atoms with Crippen LogP contribution in [0.3, 0.4) is 0 Å². The molecule has 2 aliphatic heterocycles. The van der Waals surface area contributed by atoms with Gasteiger partial charge >= 0.3 is 5.97 Å². The van der Waals surface area contributed by atoms with Crippen molar-refractivity contribution in [3.8, 4) is 0 Å². The Morgan fingerprint density at radius 2 is 2.28 bits per heavy atom. The van der Waals surface area contributed by atoms with E-state index in [-0.39, 0.29) is 17.2 Å². The Morgan fingerprint density at radius 1 is 1.56 bits per heavy atom. The molecule has 0 aromatic carbocycles. The topological polar surface area (TPSA) is 86.7 Å². The quantitative estimate of drug-likeness (QED) is 0.757. The van der Waals surface area contributed by atoms with Crippen molar-refractivity contribution in [1.29, 1.82) is 0 Å². The molecular weight excluding hydrogens is 256 g/mol. The number of hydrogen-bond donors (Lipinski definition) is 2. The third-order valence-electron chi connectivity index (χ3n) is 3.27. The third kappa shape index (κ3) is 2.31. The third-order valence-corrected chi connectivity index (χ3v) is 4.73. The molecule has 0 saturated carbocycles. The molecule has 18 heavy (non-hydrogen) atoms. The summed E-state index contributed by atoms with van der Waals surface area (Å²) in [5.41, 5.74) is 0. The van der Waals surface area contributed by atoms with Crippen LogP contribution >= 0.6 is 11.8 Å². The van der Waals surface area contributed by atoms with Crippen molar-refractivity contribution in [2.45, 2.75) is 43.6 Å². The monoisotopic (exact) mass is 272 g/mol. The van der Waals surface area contributed by atoms with E-state index >= 15 is 0 Å². The number of carboxylic acid groups (broad SMARTS) is 1. The van der Waals surface area contributed by atoms with Crippen LogP contribution in [-0.2, 0) is 14.4 Å². The van der Waals surface area contributed by atoms with Gasteiger partial charge in [-0.25, -0.2) is 4.79 Å². The fourth-order valence-electron chi connectivity index (χ4n) is 2.34. The van der Waals surface area contributed by atoms with Crippen LogP contribution in [0.4, 0.5) is 0 Å². The average molecular weight is 272 g/mol. The molecule has 0 aliphatic carbocycles. The molecule has 0 aromatic rings. The highest BCUT2D eigenvalue weighted by Crippen LogP contribution is 2.32. The highest BCUT2D eigenvalue weighted by Gasteiger charge is 2.44. The molecular formula is C11H16N2O4S. The Hall–Kier alpha value is -1.24. The van der Waals surface area contributed by atoms with E-state index in [1.807, 2.05) is 6.92 Å². The molecule has 7 heteroatoms. The highest BCUT2D eigenvalue weighted by atomic mass is 32.2. The SMILES string of the molecule is CCC1SCC(C(=O)O)N1C(=O)[C@@H]1CCC(=O)N1. The van der Waals surface area contributed by atoms with Gasteiger partial charge in [-0.3, -0.25) is 9.59 Å². The zero-order valence-electron chi connectivity index (χ0n) is 10.1. The molecule has 2 N–H and O–H groups in total. The van der Waals surface area contributed by atoms with Gasteiger partial charge in [-0.15, -0.1) is 11.8 Å². The fourth-order valence-corrected chi connectivity index (χ4v) is 3.70. The second-order valence-electron chi connectivity index (χ2n) is 4.45. The number of rotatable bonds is 3. The zero-order chi connectivity index (χ0) is 13.3. The van der Waals surface area contributed by atoms with Gasteiger partial charge in [-0.1, -0.05) is 6.92 Å². The molecule has 3 atom stereocenters. The molecule has 0 bridgehead atoms. The molecule has 2 unspecified atom stereocenters. The molecule has 6 nitrogen and oxygen atoms in total. The lowest BCUT2D eigenvalue weighted by atomic mass is 10.1. The first-order chi connectivity index (χ1) is 8.54. The average Bonchev–Trinajstić information content (AvgIpc) is 2.93. The smallest absolute Gasteiger partial charge is 0.327 e. The van der Waals surface area contributed by atoms with E-state index in [4.69, 9.17) is 5.11 Å². The summed E-state index contributed by atoms with van der Waals surface area (Å²) in [4.78, 5) is 36.0. The zero-order valence-corrected chi connectivity index (χ0v) is 10.9. The van der Waals surface area contributed by atoms with Crippen molar-refractivity contribution in [2.24, 2.45) is 0 Å². The molecule has 2 amide bonds. The van der Waals surface area contributed by atoms with Gasteiger partial charge in [-0.05, 0) is 12.8 Å². The Labute approximate surface area is 109 Å². The van der Waals surface area contributed by atoms with E-state index < -0.39 is 18.1 Å². The molecule has 2 saturated heterocycles. The van der Waals surface area contributed by atoms with Crippen LogP contribution in [0.5, 0.6) is 0 Å². The van der Waals surface area contributed by atoms with Gasteiger partial charge < -0.3 is 15.3 Å². The number of aliphatic carboxylic acids is 1. The summed E-state index contributed by atoms with van der Waals surface area (Å²) in [5.74, 6) is -0.957. The van der Waals surface area contributed by atoms with Crippen molar-refractivity contribution in [3.63, 3.8) is 0 Å². The number of thioether (sulfide) groups is 1. The Kier molecular flexibility index (Phi) is 3.79. The molecule has 2 fully saturated rings. The Bertz CT molecular complexity index is 387. The molecule has 100 valence electrons. The van der Waals surface area contributed by atoms with E-state index in [2.05, 4.69) is 5.32 Å². The lowest BCUT2D eigenvalue weighted by Gasteiger charge is -2.29. The summed E-state index contributed by atoms with van der Waals surface area (Å²) in [5, 5.41) is 11.6. The van der Waals surface area contributed by atoms with E-state index in [9.17, 15) is 14.4 Å². The molecule has 0 spiro atoms. The predicted molar refractivity (Wildman–Crippen MR) is 66.0 cm³/mol. The largest absolute Gasteiger partial charge is 0.480 e. The van der Waals surface area contributed by atoms with Crippen LogP contribution in [-0.4, -0.2) is 51.0 Å². The summed E-state index contributed by atoms with van der Waals surface area (Å²) >= 11 is 1.49. The van der Waals surface area contributed by atoms with Crippen LogP contribution < -0.4 is 5.32 Å². The van der Waals surface area contributed by atoms with Gasteiger partial charge in [0, 0.05) is 12.2 Å². The van der Waals surface area contributed by atoms with Crippen molar-refractivity contribution in [2.75, 3.05) is 5.75 Å². The lowest BCUT2D eigenvalue weighted by molar-refractivity contribution is -0.150. The highest BCUT2D eigenvalue weighted by molar-refractivity contribution is 8.00. The predicted octanol–water partition coefficient (Wildman–Crippen LogP) is 0.0297. The van der Waals surface area contributed by atoms with Crippen LogP contribution in [0.1, 0.15) is 26.2 Å². The van der Waals surface area contributed by atoms with E-state index in [0.29, 0.717) is 25.0 Å². The molecule has 0 radical (unpaired) electrons. The van der Waals surface area contributed by atoms with Gasteiger partial charge in [-0.2, -0.15) is 0 Å². The minimum atomic E-state index is -0.976. The first kappa shape index (κ1) is 13.2. The number of carbonyl (C=O) groups excluding carboxylic acids is 2. The van der Waals surface area contributed by atoms with Gasteiger partial charge in [0.05, 0.1) is 5.37 Å². The molecule has 0 aromatic heterocycles. The molecule has 2 aliphatic rings. The van der Waals surface area contributed by atoms with E-state index in [1.54, 1.807) is 0 Å². The Balaban J connectivity index is 2.14. The van der Waals surface area contributed by atoms with Crippen LogP contribution in [0, 0.1) is 0 Å². The first-order valence-electron chi connectivity index (χ1n) is 6.00. The maximum atomic E-state index is 12.3. The first-order valence-corrected chi connectivity index (χ1v) is 7.05. The van der Waals surface area contributed by atoms with E-state index in [0.717, 1.165) is 0 Å². The van der Waals surface area contributed by atoms with Crippen LogP contribution in [0.2, 0.25) is 0 Å². The minimum absolute atomic E-state index is 0.101. The van der Waals surface area contributed by atoms with Crippen LogP contribution in [0.15, 0.2) is 0 Å². The van der Waals surface area contributed by atoms with Gasteiger partial charge in [0.1, 0.15) is 12.1 Å². The molecule has 2 rings (SSSR count). The number of carboxylic acids is 1. The number of amides is 2. The summed E-state index contributed by atoms with van der Waals surface area (Å²) < 4.78 is 0. The van der Waals surface area contributed by atoms with E-state index in [1.165, 1.54) is 16.7 Å². The number of hydrogen-bond acceptors (Lipinski definition) is 4. The number of carbonyl (C=O) groups is 3. The van der Waals surface area contributed by atoms with Crippen molar-refractivity contribution in [1.82, 2.24) is 10.2 Å². The maximum absolute atomic E-state index is 12.3. The normalized spacial score (nSPS) is 31.5. The second kappa shape index (κ2) is 5.17. The summed E-state index contributed by atoms with van der Waals surface area (Å²) in [6.45, 7) is 1.93. The second-order valence-corrected chi connectivity index (χ2v) is 5.67. The Morgan fingerprint density at radius 3 is 2.78 bits per heavy atom. The fraction of sp³-hybridized carbons (Fsp3) is 0.727. The summed E-state index contributed by atoms with van der Waals surface area (Å²) in [6, 6.07) is -1.32. The summed E-state index contributed by atoms with van der Waals surface area (Å²) in [7, 11) is 0. The lowest BCUT2D eigenvalue weighted by Crippen LogP contribution is -2.52. The van der Waals surface area contributed by atoms with Crippen LogP contribution in [0.25, 0.3) is 0 Å². The summed E-state index contributed by atoms with van der Waals surface area (Å²) in [6.07, 6.45) is 1.51. The standard InChI is InChI=1S/C11H16N2O4S/c1-2-9-13(7(5-18-9)11(16)17)10(15)6-3-4-8(14)12-6/h6-7,9H,2-5H2,1H3,(H,12,14)(H,16,17)/t6-,7?,9?/m0/s1. The number of nitrogens with one attached hydrogen (secondary N) is 1. The van der Waals surface area contributed by atoms with Gasteiger partial charge in [0.2, 0.25) is 11.8 Å². The van der Waals surface area contributed by atoms with Crippen molar-refractivity contribution in [3.05, 3.63) is 0 Å². The van der Waals surface area contributed by atoms with Gasteiger partial charge in [0.25, 0.3) is 0 Å². The number of nitrogens with zero attached hydrogens (tertiary/aromatic N) is 1. The maximum Gasteiger partial charge on any atom is 0.327 e. The van der Waals surface area contributed by atoms with Crippen molar-refractivity contribution < 1.29 is 19.5 Å². The van der Waals surface area contributed by atoms with Crippen molar-refractivity contribution >= 4 is 29.5 Å². The minimum Gasteiger partial charge on any atom is -0.480 e. The van der Waals surface area contributed by atoms with Gasteiger partial charge in [0.15, 0.2) is 0 Å². The molecule has 2 heterocycles.